The van der Waals surface area contributed by atoms with E-state index < -0.39 is 11.7 Å². The van der Waals surface area contributed by atoms with Gasteiger partial charge in [-0.05, 0) is 50.2 Å². The number of nitrogens with one attached hydrogen (secondary N) is 1. The van der Waals surface area contributed by atoms with Gasteiger partial charge in [-0.3, -0.25) is 4.79 Å². The van der Waals surface area contributed by atoms with Gasteiger partial charge in [0.15, 0.2) is 0 Å². The summed E-state index contributed by atoms with van der Waals surface area (Å²) in [7, 11) is 0. The largest absolute Gasteiger partial charge is 0.416 e. The molecule has 0 saturated heterocycles. The summed E-state index contributed by atoms with van der Waals surface area (Å²) in [5.41, 5.74) is 0.535. The molecule has 1 amide bonds. The summed E-state index contributed by atoms with van der Waals surface area (Å²) in [5.74, 6) is -0.156. The first-order valence-electron chi connectivity index (χ1n) is 7.57. The summed E-state index contributed by atoms with van der Waals surface area (Å²) in [4.78, 5) is 14.1. The molecule has 2 aromatic carbocycles. The molecule has 3 nitrogen and oxygen atoms in total. The smallest absolute Gasteiger partial charge is 0.376 e. The summed E-state index contributed by atoms with van der Waals surface area (Å²) >= 11 is 0. The number of halogens is 3. The lowest BCUT2D eigenvalue weighted by Crippen LogP contribution is -2.40. The number of carbonyl (C=O) groups is 1. The average molecular weight is 336 g/mol. The second-order valence-corrected chi connectivity index (χ2v) is 5.62. The Balaban J connectivity index is 2.03. The molecule has 0 bridgehead atoms. The first-order chi connectivity index (χ1) is 11.3. The summed E-state index contributed by atoms with van der Waals surface area (Å²) < 4.78 is 37.6. The van der Waals surface area contributed by atoms with E-state index in [9.17, 15) is 18.0 Å². The minimum atomic E-state index is -4.36. The number of alkyl halides is 3. The predicted octanol–water partition coefficient (Wildman–Crippen LogP) is 4.56. The van der Waals surface area contributed by atoms with Crippen LogP contribution in [0.2, 0.25) is 0 Å². The zero-order valence-corrected chi connectivity index (χ0v) is 13.5. The molecule has 2 rings (SSSR count). The maximum Gasteiger partial charge on any atom is 0.416 e. The van der Waals surface area contributed by atoms with Crippen molar-refractivity contribution in [3.63, 3.8) is 0 Å². The second-order valence-electron chi connectivity index (χ2n) is 5.62. The van der Waals surface area contributed by atoms with E-state index in [1.54, 1.807) is 4.90 Å². The molecule has 24 heavy (non-hydrogen) atoms. The van der Waals surface area contributed by atoms with E-state index in [2.05, 4.69) is 5.32 Å². The number of nitrogens with zero attached hydrogens (tertiary/aromatic N) is 1. The SMILES string of the molecule is CC(C)N(C(=O)CNc1ccc(C(F)(F)F)cc1)c1ccccc1. The van der Waals surface area contributed by atoms with Gasteiger partial charge in [0.05, 0.1) is 12.1 Å². The minimum Gasteiger partial charge on any atom is -0.376 e. The topological polar surface area (TPSA) is 32.3 Å². The summed E-state index contributed by atoms with van der Waals surface area (Å²) in [6.45, 7) is 3.81. The Morgan fingerprint density at radius 1 is 1.04 bits per heavy atom. The fraction of sp³-hybridized carbons (Fsp3) is 0.278. The van der Waals surface area contributed by atoms with Gasteiger partial charge >= 0.3 is 6.18 Å². The third kappa shape index (κ3) is 4.50. The number of amides is 1. The van der Waals surface area contributed by atoms with E-state index in [0.717, 1.165) is 17.8 Å². The van der Waals surface area contributed by atoms with Crippen molar-refractivity contribution in [2.24, 2.45) is 0 Å². The van der Waals surface area contributed by atoms with Crippen LogP contribution in [0.25, 0.3) is 0 Å². The van der Waals surface area contributed by atoms with E-state index in [1.807, 2.05) is 44.2 Å². The number of carbonyl (C=O) groups excluding carboxylic acids is 1. The molecule has 0 atom stereocenters. The molecule has 0 aliphatic rings. The van der Waals surface area contributed by atoms with Crippen LogP contribution in [-0.4, -0.2) is 18.5 Å². The van der Waals surface area contributed by atoms with Gasteiger partial charge in [0.1, 0.15) is 0 Å². The van der Waals surface area contributed by atoms with Crippen molar-refractivity contribution in [2.75, 3.05) is 16.8 Å². The lowest BCUT2D eigenvalue weighted by molar-refractivity contribution is -0.137. The second kappa shape index (κ2) is 7.38. The van der Waals surface area contributed by atoms with Crippen molar-refractivity contribution in [3.8, 4) is 0 Å². The molecular formula is C18H19F3N2O. The predicted molar refractivity (Wildman–Crippen MR) is 89.0 cm³/mol. The van der Waals surface area contributed by atoms with Crippen molar-refractivity contribution < 1.29 is 18.0 Å². The molecule has 2 aromatic rings. The Morgan fingerprint density at radius 2 is 1.62 bits per heavy atom. The molecule has 6 heteroatoms. The maximum absolute atomic E-state index is 12.5. The highest BCUT2D eigenvalue weighted by molar-refractivity contribution is 5.96. The monoisotopic (exact) mass is 336 g/mol. The van der Waals surface area contributed by atoms with Crippen molar-refractivity contribution in [2.45, 2.75) is 26.1 Å². The van der Waals surface area contributed by atoms with Crippen LogP contribution in [0.1, 0.15) is 19.4 Å². The molecule has 0 heterocycles. The normalized spacial score (nSPS) is 11.4. The summed E-state index contributed by atoms with van der Waals surface area (Å²) in [6.07, 6.45) is -4.36. The molecule has 0 aromatic heterocycles. The lowest BCUT2D eigenvalue weighted by Gasteiger charge is -2.27. The van der Waals surface area contributed by atoms with Crippen LogP contribution in [-0.2, 0) is 11.0 Å². The number of benzene rings is 2. The molecule has 0 radical (unpaired) electrons. The van der Waals surface area contributed by atoms with E-state index in [-0.39, 0.29) is 18.5 Å². The Labute approximate surface area is 139 Å². The number of hydrogen-bond donors (Lipinski definition) is 1. The van der Waals surface area contributed by atoms with Crippen LogP contribution in [0.4, 0.5) is 24.5 Å². The van der Waals surface area contributed by atoms with Crippen LogP contribution in [0.5, 0.6) is 0 Å². The zero-order valence-electron chi connectivity index (χ0n) is 13.5. The van der Waals surface area contributed by atoms with Crippen LogP contribution >= 0.6 is 0 Å². The molecule has 0 aliphatic carbocycles. The van der Waals surface area contributed by atoms with Gasteiger partial charge in [0.25, 0.3) is 0 Å². The Bertz CT molecular complexity index is 667. The van der Waals surface area contributed by atoms with E-state index in [1.165, 1.54) is 12.1 Å². The van der Waals surface area contributed by atoms with Gasteiger partial charge in [0.2, 0.25) is 5.91 Å². The number of hydrogen-bond acceptors (Lipinski definition) is 2. The highest BCUT2D eigenvalue weighted by Gasteiger charge is 2.30. The van der Waals surface area contributed by atoms with Gasteiger partial charge in [-0.15, -0.1) is 0 Å². The van der Waals surface area contributed by atoms with Crippen molar-refractivity contribution in [3.05, 3.63) is 60.2 Å². The highest BCUT2D eigenvalue weighted by Crippen LogP contribution is 2.29. The summed E-state index contributed by atoms with van der Waals surface area (Å²) in [5, 5.41) is 2.87. The van der Waals surface area contributed by atoms with Crippen LogP contribution in [0, 0.1) is 0 Å². The third-order valence-electron chi connectivity index (χ3n) is 3.48. The third-order valence-corrected chi connectivity index (χ3v) is 3.48. The van der Waals surface area contributed by atoms with Crippen molar-refractivity contribution in [1.82, 2.24) is 0 Å². The van der Waals surface area contributed by atoms with Gasteiger partial charge in [0, 0.05) is 17.4 Å². The molecule has 0 spiro atoms. The van der Waals surface area contributed by atoms with Gasteiger partial charge in [-0.1, -0.05) is 18.2 Å². The fourth-order valence-corrected chi connectivity index (χ4v) is 2.36. The van der Waals surface area contributed by atoms with Crippen molar-refractivity contribution >= 4 is 17.3 Å². The number of rotatable bonds is 5. The Hall–Kier alpha value is -2.50. The lowest BCUT2D eigenvalue weighted by atomic mass is 10.2. The minimum absolute atomic E-state index is 0.00155. The van der Waals surface area contributed by atoms with Gasteiger partial charge < -0.3 is 10.2 Å². The van der Waals surface area contributed by atoms with E-state index in [4.69, 9.17) is 0 Å². The first-order valence-corrected chi connectivity index (χ1v) is 7.57. The van der Waals surface area contributed by atoms with Gasteiger partial charge in [-0.2, -0.15) is 13.2 Å². The standard InChI is InChI=1S/C18H19F3N2O/c1-13(2)23(16-6-4-3-5-7-16)17(24)12-22-15-10-8-14(9-11-15)18(19,20)21/h3-11,13,22H,12H2,1-2H3. The Morgan fingerprint density at radius 3 is 2.12 bits per heavy atom. The first kappa shape index (κ1) is 17.8. The average Bonchev–Trinajstić information content (AvgIpc) is 2.53. The highest BCUT2D eigenvalue weighted by atomic mass is 19.4. The quantitative estimate of drug-likeness (QED) is 0.868. The molecular weight excluding hydrogens is 317 g/mol. The fourth-order valence-electron chi connectivity index (χ4n) is 2.36. The molecule has 0 fully saturated rings. The van der Waals surface area contributed by atoms with Crippen molar-refractivity contribution in [1.29, 1.82) is 0 Å². The van der Waals surface area contributed by atoms with E-state index >= 15 is 0 Å². The maximum atomic E-state index is 12.5. The van der Waals surface area contributed by atoms with E-state index in [0.29, 0.717) is 5.69 Å². The molecule has 0 unspecified atom stereocenters. The van der Waals surface area contributed by atoms with Crippen LogP contribution < -0.4 is 10.2 Å². The Kier molecular flexibility index (Phi) is 5.49. The molecule has 0 aliphatic heterocycles. The molecule has 128 valence electrons. The number of para-hydroxylation sites is 1. The van der Waals surface area contributed by atoms with Crippen LogP contribution in [0.15, 0.2) is 54.6 Å². The number of anilines is 2. The van der Waals surface area contributed by atoms with Gasteiger partial charge in [-0.25, -0.2) is 0 Å². The molecule has 1 N–H and O–H groups in total. The zero-order chi connectivity index (χ0) is 17.7. The summed E-state index contributed by atoms with van der Waals surface area (Å²) in [6, 6.07) is 13.8. The molecule has 0 saturated carbocycles. The van der Waals surface area contributed by atoms with Crippen LogP contribution in [0.3, 0.4) is 0 Å².